The first-order valence-corrected chi connectivity index (χ1v) is 13.7. The van der Waals surface area contributed by atoms with Crippen LogP contribution in [0.25, 0.3) is 0 Å². The molecule has 1 heterocycles. The second-order valence-electron chi connectivity index (χ2n) is 10.5. The number of rotatable bonds is 7. The average Bonchev–Trinajstić information content (AvgIpc) is 3.22. The van der Waals surface area contributed by atoms with E-state index in [1.165, 1.54) is 4.88 Å². The van der Waals surface area contributed by atoms with Gasteiger partial charge in [-0.2, -0.15) is 0 Å². The van der Waals surface area contributed by atoms with Crippen LogP contribution in [0.2, 0.25) is 0 Å². The van der Waals surface area contributed by atoms with Gasteiger partial charge >= 0.3 is 0 Å². The van der Waals surface area contributed by atoms with E-state index in [2.05, 4.69) is 44.8 Å². The van der Waals surface area contributed by atoms with Gasteiger partial charge in [-0.1, -0.05) is 39.0 Å². The minimum Gasteiger partial charge on any atom is -0.507 e. The van der Waals surface area contributed by atoms with Crippen LogP contribution >= 0.6 is 11.3 Å². The Morgan fingerprint density at radius 2 is 1.89 bits per heavy atom. The summed E-state index contributed by atoms with van der Waals surface area (Å²) in [6, 6.07) is 15.2. The number of nitrogens with one attached hydrogen (secondary N) is 1. The smallest absolute Gasteiger partial charge is 0.259 e. The maximum absolute atomic E-state index is 13.5. The second-order valence-corrected chi connectivity index (χ2v) is 11.6. The van der Waals surface area contributed by atoms with E-state index in [0.717, 1.165) is 49.3 Å². The van der Waals surface area contributed by atoms with Gasteiger partial charge in [0, 0.05) is 47.2 Å². The molecular weight excluding hydrogens is 466 g/mol. The molecule has 0 aliphatic heterocycles. The van der Waals surface area contributed by atoms with E-state index < -0.39 is 0 Å². The molecule has 0 bridgehead atoms. The van der Waals surface area contributed by atoms with Crippen LogP contribution < -0.4 is 10.2 Å². The van der Waals surface area contributed by atoms with Gasteiger partial charge in [-0.15, -0.1) is 11.3 Å². The summed E-state index contributed by atoms with van der Waals surface area (Å²) in [4.78, 5) is 21.7. The number of fused-ring (bicyclic) bond motifs is 1. The van der Waals surface area contributed by atoms with E-state index in [0.29, 0.717) is 22.0 Å². The van der Waals surface area contributed by atoms with Crippen molar-refractivity contribution in [3.05, 3.63) is 70.1 Å². The van der Waals surface area contributed by atoms with Crippen molar-refractivity contribution in [1.29, 1.82) is 0 Å². The number of phenolic OH excluding ortho intramolecular Hbond substituents is 1. The number of hydrogen-bond acceptors (Lipinski definition) is 5. The first-order chi connectivity index (χ1) is 17.2. The highest BCUT2D eigenvalue weighted by Gasteiger charge is 2.33. The molecule has 190 valence electrons. The summed E-state index contributed by atoms with van der Waals surface area (Å²) >= 11 is 1.61. The molecule has 0 radical (unpaired) electrons. The maximum Gasteiger partial charge on any atom is 0.259 e. The molecule has 1 amide bonds. The van der Waals surface area contributed by atoms with Crippen molar-refractivity contribution in [2.24, 2.45) is 16.3 Å². The summed E-state index contributed by atoms with van der Waals surface area (Å²) in [6.07, 6.45) is 4.59. The molecule has 0 saturated carbocycles. The van der Waals surface area contributed by atoms with Gasteiger partial charge < -0.3 is 15.3 Å². The number of aliphatic imine (C=N–C) groups is 1. The Morgan fingerprint density at radius 1 is 1.17 bits per heavy atom. The third kappa shape index (κ3) is 5.65. The van der Waals surface area contributed by atoms with E-state index in [4.69, 9.17) is 4.99 Å². The minimum atomic E-state index is -0.124. The van der Waals surface area contributed by atoms with Crippen molar-refractivity contribution in [2.45, 2.75) is 53.9 Å². The van der Waals surface area contributed by atoms with E-state index in [1.807, 2.05) is 42.5 Å². The van der Waals surface area contributed by atoms with Crippen LogP contribution in [0.3, 0.4) is 0 Å². The molecule has 5 nitrogen and oxygen atoms in total. The highest BCUT2D eigenvalue weighted by Crippen LogP contribution is 2.45. The molecule has 0 fully saturated rings. The van der Waals surface area contributed by atoms with Gasteiger partial charge in [0.15, 0.2) is 0 Å². The van der Waals surface area contributed by atoms with E-state index in [9.17, 15) is 9.90 Å². The molecule has 0 spiro atoms. The number of phenols is 1. The van der Waals surface area contributed by atoms with Crippen LogP contribution in [0.15, 0.2) is 53.5 Å². The molecule has 0 unspecified atom stereocenters. The fourth-order valence-corrected chi connectivity index (χ4v) is 6.17. The molecule has 4 rings (SSSR count). The highest BCUT2D eigenvalue weighted by atomic mass is 32.1. The average molecular weight is 504 g/mol. The van der Waals surface area contributed by atoms with Gasteiger partial charge in [0.05, 0.1) is 5.56 Å². The number of para-hydroxylation sites is 1. The second kappa shape index (κ2) is 10.9. The van der Waals surface area contributed by atoms with Gasteiger partial charge in [-0.3, -0.25) is 4.79 Å². The van der Waals surface area contributed by atoms with Crippen LogP contribution in [0.1, 0.15) is 67.4 Å². The van der Waals surface area contributed by atoms with E-state index in [-0.39, 0.29) is 17.1 Å². The zero-order valence-electron chi connectivity index (χ0n) is 22.0. The van der Waals surface area contributed by atoms with Crippen molar-refractivity contribution in [3.8, 4) is 5.75 Å². The molecule has 3 aromatic rings. The molecule has 36 heavy (non-hydrogen) atoms. The lowest BCUT2D eigenvalue weighted by Crippen LogP contribution is -2.27. The number of benzene rings is 2. The van der Waals surface area contributed by atoms with Crippen LogP contribution in [-0.2, 0) is 12.8 Å². The Morgan fingerprint density at radius 3 is 2.53 bits per heavy atom. The fourth-order valence-electron chi connectivity index (χ4n) is 4.91. The van der Waals surface area contributed by atoms with Gasteiger partial charge in [-0.05, 0) is 74.3 Å². The zero-order chi connectivity index (χ0) is 25.9. The molecule has 2 N–H and O–H groups in total. The standard InChI is InChI=1S/C30H37N3O2S/c1-6-33(7-2)23-15-13-20(25(34)18-23)19-31-29-27(28(35)32-22-11-9-8-10-12-22)24-16-14-21(30(3,4)5)17-26(24)36-29/h8-13,15,18-19,21,34H,6-7,14,16-17H2,1-5H3,(H,32,35)/t21-/m1/s1. The Hall–Kier alpha value is -3.12. The SMILES string of the molecule is CCN(CC)c1ccc(C=Nc2sc3c(c2C(=O)Nc2ccccc2)CC[C@@H](C(C)(C)C)C3)c(O)c1. The summed E-state index contributed by atoms with van der Waals surface area (Å²) in [6.45, 7) is 12.8. The normalized spacial score (nSPS) is 15.6. The summed E-state index contributed by atoms with van der Waals surface area (Å²) in [5.41, 5.74) is 4.40. The van der Waals surface area contributed by atoms with Gasteiger partial charge in [0.2, 0.25) is 0 Å². The van der Waals surface area contributed by atoms with Crippen LogP contribution in [0.5, 0.6) is 5.75 Å². The third-order valence-corrected chi connectivity index (χ3v) is 8.36. The summed E-state index contributed by atoms with van der Waals surface area (Å²) in [7, 11) is 0. The monoisotopic (exact) mass is 503 g/mol. The van der Waals surface area contributed by atoms with Crippen molar-refractivity contribution in [2.75, 3.05) is 23.3 Å². The summed E-state index contributed by atoms with van der Waals surface area (Å²) in [5.74, 6) is 0.635. The van der Waals surface area contributed by atoms with Gasteiger partial charge in [0.25, 0.3) is 5.91 Å². The van der Waals surface area contributed by atoms with Gasteiger partial charge in [-0.25, -0.2) is 4.99 Å². The Kier molecular flexibility index (Phi) is 7.84. The Bertz CT molecular complexity index is 1240. The van der Waals surface area contributed by atoms with Gasteiger partial charge in [0.1, 0.15) is 10.8 Å². The van der Waals surface area contributed by atoms with Crippen molar-refractivity contribution >= 4 is 39.8 Å². The third-order valence-electron chi connectivity index (χ3n) is 7.19. The van der Waals surface area contributed by atoms with Crippen LogP contribution in [0.4, 0.5) is 16.4 Å². The molecule has 1 aliphatic carbocycles. The summed E-state index contributed by atoms with van der Waals surface area (Å²) in [5, 5.41) is 14.4. The number of carbonyl (C=O) groups is 1. The number of aromatic hydroxyl groups is 1. The number of hydrogen-bond donors (Lipinski definition) is 2. The zero-order valence-corrected chi connectivity index (χ0v) is 22.8. The molecule has 6 heteroatoms. The quantitative estimate of drug-likeness (QED) is 0.329. The van der Waals surface area contributed by atoms with Crippen LogP contribution in [0, 0.1) is 11.3 Å². The lowest BCUT2D eigenvalue weighted by atomic mass is 9.72. The predicted molar refractivity (Wildman–Crippen MR) is 153 cm³/mol. The first-order valence-electron chi connectivity index (χ1n) is 12.8. The van der Waals surface area contributed by atoms with Crippen molar-refractivity contribution < 1.29 is 9.90 Å². The topological polar surface area (TPSA) is 64.9 Å². The molecule has 1 aromatic heterocycles. The lowest BCUT2D eigenvalue weighted by Gasteiger charge is -2.33. The Labute approximate surface area is 218 Å². The minimum absolute atomic E-state index is 0.124. The fraction of sp³-hybridized carbons (Fsp3) is 0.400. The number of carbonyl (C=O) groups excluding carboxylic acids is 1. The lowest BCUT2D eigenvalue weighted by molar-refractivity contribution is 0.102. The molecule has 2 aromatic carbocycles. The maximum atomic E-state index is 13.5. The Balaban J connectivity index is 1.68. The molecule has 0 saturated heterocycles. The first kappa shape index (κ1) is 26.0. The number of amides is 1. The number of anilines is 2. The highest BCUT2D eigenvalue weighted by molar-refractivity contribution is 7.16. The van der Waals surface area contributed by atoms with Crippen molar-refractivity contribution in [3.63, 3.8) is 0 Å². The van der Waals surface area contributed by atoms with E-state index in [1.54, 1.807) is 23.6 Å². The number of nitrogens with zero attached hydrogens (tertiary/aromatic N) is 2. The number of thiophene rings is 1. The van der Waals surface area contributed by atoms with Crippen molar-refractivity contribution in [1.82, 2.24) is 0 Å². The molecular formula is C30H37N3O2S. The summed E-state index contributed by atoms with van der Waals surface area (Å²) < 4.78 is 0. The van der Waals surface area contributed by atoms with E-state index >= 15 is 0 Å². The predicted octanol–water partition coefficient (Wildman–Crippen LogP) is 7.45. The molecule has 1 atom stereocenters. The largest absolute Gasteiger partial charge is 0.507 e. The molecule has 1 aliphatic rings. The van der Waals surface area contributed by atoms with Crippen LogP contribution in [-0.4, -0.2) is 30.3 Å².